The van der Waals surface area contributed by atoms with Crippen molar-refractivity contribution in [1.29, 1.82) is 0 Å². The highest BCUT2D eigenvalue weighted by Gasteiger charge is 2.09. The molecule has 0 aliphatic heterocycles. The highest BCUT2D eigenvalue weighted by Crippen LogP contribution is 2.04. The maximum atomic E-state index is 11.8. The molecule has 1 unspecified atom stereocenters. The van der Waals surface area contributed by atoms with Crippen molar-refractivity contribution in [3.8, 4) is 0 Å². The van der Waals surface area contributed by atoms with Gasteiger partial charge in [0.1, 0.15) is 5.82 Å². The first kappa shape index (κ1) is 15.8. The third-order valence-electron chi connectivity index (χ3n) is 2.52. The summed E-state index contributed by atoms with van der Waals surface area (Å²) in [5.41, 5.74) is 0.360. The Morgan fingerprint density at radius 3 is 2.79 bits per heavy atom. The Bertz CT molecular complexity index is 383. The Kier molecular flexibility index (Phi) is 7.25. The van der Waals surface area contributed by atoms with Gasteiger partial charge in [-0.2, -0.15) is 11.8 Å². The van der Waals surface area contributed by atoms with E-state index in [1.54, 1.807) is 23.9 Å². The van der Waals surface area contributed by atoms with E-state index in [4.69, 9.17) is 0 Å². The van der Waals surface area contributed by atoms with Crippen LogP contribution in [0.2, 0.25) is 0 Å². The summed E-state index contributed by atoms with van der Waals surface area (Å²) in [5, 5.41) is 13.9. The molecule has 1 amide bonds. The molecule has 0 fully saturated rings. The van der Waals surface area contributed by atoms with Crippen molar-refractivity contribution in [1.82, 2.24) is 15.5 Å². The van der Waals surface area contributed by atoms with Crippen LogP contribution in [0.1, 0.15) is 30.8 Å². The summed E-state index contributed by atoms with van der Waals surface area (Å²) in [5.74, 6) is 2.03. The number of hydrogen-bond donors (Lipinski definition) is 2. The predicted molar refractivity (Wildman–Crippen MR) is 80.7 cm³/mol. The van der Waals surface area contributed by atoms with Crippen LogP contribution in [0.5, 0.6) is 0 Å². The van der Waals surface area contributed by atoms with Gasteiger partial charge in [-0.15, -0.1) is 10.2 Å². The van der Waals surface area contributed by atoms with E-state index in [9.17, 15) is 4.79 Å². The molecular weight excluding hydrogens is 260 g/mol. The van der Waals surface area contributed by atoms with Crippen LogP contribution in [-0.2, 0) is 0 Å². The zero-order valence-electron chi connectivity index (χ0n) is 11.8. The van der Waals surface area contributed by atoms with Gasteiger partial charge in [-0.1, -0.05) is 13.8 Å². The largest absolute Gasteiger partial charge is 0.369 e. The van der Waals surface area contributed by atoms with Crippen LogP contribution in [-0.4, -0.2) is 41.2 Å². The lowest BCUT2D eigenvalue weighted by molar-refractivity contribution is 0.0943. The molecule has 6 heteroatoms. The maximum absolute atomic E-state index is 11.8. The molecule has 0 bridgehead atoms. The van der Waals surface area contributed by atoms with Crippen molar-refractivity contribution in [2.75, 3.05) is 30.4 Å². The Morgan fingerprint density at radius 2 is 2.21 bits per heavy atom. The average molecular weight is 282 g/mol. The van der Waals surface area contributed by atoms with Gasteiger partial charge in [0.2, 0.25) is 0 Å². The van der Waals surface area contributed by atoms with E-state index in [1.165, 1.54) is 0 Å². The minimum Gasteiger partial charge on any atom is -0.369 e. The highest BCUT2D eigenvalue weighted by atomic mass is 32.2. The van der Waals surface area contributed by atoms with Gasteiger partial charge >= 0.3 is 0 Å². The fraction of sp³-hybridized carbons (Fsp3) is 0.615. The standard InChI is InChI=1S/C13H22N4OS/c1-4-7-14-12-6-5-11(16-17-12)13(18)15-8-10(2)9-19-3/h5-6,10H,4,7-9H2,1-3H3,(H,14,17)(H,15,18). The molecular formula is C13H22N4OS. The van der Waals surface area contributed by atoms with Crippen LogP contribution < -0.4 is 10.6 Å². The second kappa shape index (κ2) is 8.74. The van der Waals surface area contributed by atoms with Crippen LogP contribution in [0, 0.1) is 5.92 Å². The summed E-state index contributed by atoms with van der Waals surface area (Å²) in [4.78, 5) is 11.8. The number of hydrogen-bond acceptors (Lipinski definition) is 5. The molecule has 0 aromatic carbocycles. The lowest BCUT2D eigenvalue weighted by atomic mass is 10.2. The Morgan fingerprint density at radius 1 is 1.42 bits per heavy atom. The first-order valence-electron chi connectivity index (χ1n) is 6.52. The van der Waals surface area contributed by atoms with E-state index in [2.05, 4.69) is 40.9 Å². The summed E-state index contributed by atoms with van der Waals surface area (Å²) in [7, 11) is 0. The van der Waals surface area contributed by atoms with E-state index < -0.39 is 0 Å². The number of aromatic nitrogens is 2. The summed E-state index contributed by atoms with van der Waals surface area (Å²) in [6.07, 6.45) is 3.09. The molecule has 0 saturated carbocycles. The van der Waals surface area contributed by atoms with Crippen molar-refractivity contribution in [3.63, 3.8) is 0 Å². The second-order valence-electron chi connectivity index (χ2n) is 4.50. The molecule has 1 aromatic rings. The van der Waals surface area contributed by atoms with Gasteiger partial charge in [-0.25, -0.2) is 0 Å². The zero-order chi connectivity index (χ0) is 14.1. The van der Waals surface area contributed by atoms with E-state index in [1.807, 2.05) is 0 Å². The fourth-order valence-electron chi connectivity index (χ4n) is 1.50. The number of nitrogens with zero attached hydrogens (tertiary/aromatic N) is 2. The third kappa shape index (κ3) is 5.92. The van der Waals surface area contributed by atoms with Gasteiger partial charge in [-0.3, -0.25) is 4.79 Å². The van der Waals surface area contributed by atoms with Gasteiger partial charge in [0.25, 0.3) is 5.91 Å². The molecule has 0 spiro atoms. The van der Waals surface area contributed by atoms with Gasteiger partial charge < -0.3 is 10.6 Å². The number of nitrogens with one attached hydrogen (secondary N) is 2. The predicted octanol–water partition coefficient (Wildman–Crippen LogP) is 2.03. The SMILES string of the molecule is CCCNc1ccc(C(=O)NCC(C)CSC)nn1. The molecule has 0 radical (unpaired) electrons. The molecule has 1 heterocycles. The molecule has 19 heavy (non-hydrogen) atoms. The quantitative estimate of drug-likeness (QED) is 0.763. The fourth-order valence-corrected chi connectivity index (χ4v) is 2.19. The van der Waals surface area contributed by atoms with Crippen LogP contribution >= 0.6 is 11.8 Å². The molecule has 1 rings (SSSR count). The van der Waals surface area contributed by atoms with Gasteiger partial charge in [-0.05, 0) is 36.5 Å². The molecule has 0 aliphatic rings. The Hall–Kier alpha value is -1.30. The Labute approximate surface area is 119 Å². The van der Waals surface area contributed by atoms with E-state index in [-0.39, 0.29) is 5.91 Å². The number of anilines is 1. The van der Waals surface area contributed by atoms with Crippen molar-refractivity contribution in [3.05, 3.63) is 17.8 Å². The maximum Gasteiger partial charge on any atom is 0.271 e. The molecule has 1 atom stereocenters. The summed E-state index contributed by atoms with van der Waals surface area (Å²) in [6, 6.07) is 3.47. The Balaban J connectivity index is 2.44. The van der Waals surface area contributed by atoms with Crippen molar-refractivity contribution in [2.45, 2.75) is 20.3 Å². The number of thioether (sulfide) groups is 1. The van der Waals surface area contributed by atoms with Crippen molar-refractivity contribution >= 4 is 23.5 Å². The minimum absolute atomic E-state index is 0.164. The molecule has 2 N–H and O–H groups in total. The minimum atomic E-state index is -0.164. The van der Waals surface area contributed by atoms with Crippen molar-refractivity contribution in [2.24, 2.45) is 5.92 Å². The zero-order valence-corrected chi connectivity index (χ0v) is 12.6. The van der Waals surface area contributed by atoms with Crippen molar-refractivity contribution < 1.29 is 4.79 Å². The van der Waals surface area contributed by atoms with E-state index in [0.717, 1.165) is 18.7 Å². The smallest absolute Gasteiger partial charge is 0.271 e. The van der Waals surface area contributed by atoms with Crippen LogP contribution in [0.3, 0.4) is 0 Å². The summed E-state index contributed by atoms with van der Waals surface area (Å²) < 4.78 is 0. The molecule has 106 valence electrons. The average Bonchev–Trinajstić information content (AvgIpc) is 2.43. The molecule has 0 aliphatic carbocycles. The lowest BCUT2D eigenvalue weighted by Gasteiger charge is -2.10. The number of amides is 1. The monoisotopic (exact) mass is 282 g/mol. The molecule has 5 nitrogen and oxygen atoms in total. The van der Waals surface area contributed by atoms with Crippen LogP contribution in [0.25, 0.3) is 0 Å². The van der Waals surface area contributed by atoms with Gasteiger partial charge in [0, 0.05) is 13.1 Å². The second-order valence-corrected chi connectivity index (χ2v) is 5.41. The summed E-state index contributed by atoms with van der Waals surface area (Å²) in [6.45, 7) is 5.71. The topological polar surface area (TPSA) is 66.9 Å². The number of carbonyl (C=O) groups is 1. The number of carbonyl (C=O) groups excluding carboxylic acids is 1. The third-order valence-corrected chi connectivity index (χ3v) is 3.42. The van der Waals surface area contributed by atoms with Gasteiger partial charge in [0.15, 0.2) is 5.69 Å². The normalized spacial score (nSPS) is 11.9. The lowest BCUT2D eigenvalue weighted by Crippen LogP contribution is -2.30. The van der Waals surface area contributed by atoms with Crippen LogP contribution in [0.4, 0.5) is 5.82 Å². The summed E-state index contributed by atoms with van der Waals surface area (Å²) >= 11 is 1.78. The van der Waals surface area contributed by atoms with Crippen LogP contribution in [0.15, 0.2) is 12.1 Å². The first-order chi connectivity index (χ1) is 9.17. The van der Waals surface area contributed by atoms with E-state index in [0.29, 0.717) is 24.0 Å². The first-order valence-corrected chi connectivity index (χ1v) is 7.91. The number of rotatable bonds is 8. The van der Waals surface area contributed by atoms with Gasteiger partial charge in [0.05, 0.1) is 0 Å². The van der Waals surface area contributed by atoms with E-state index >= 15 is 0 Å². The molecule has 0 saturated heterocycles. The highest BCUT2D eigenvalue weighted by molar-refractivity contribution is 7.98. The molecule has 1 aromatic heterocycles.